The van der Waals surface area contributed by atoms with Crippen LogP contribution >= 0.6 is 0 Å². The Morgan fingerprint density at radius 1 is 1.07 bits per heavy atom. The molecular formula is C21H28N6O2. The zero-order chi connectivity index (χ0) is 20.5. The summed E-state index contributed by atoms with van der Waals surface area (Å²) in [6.45, 7) is 8.23. The van der Waals surface area contributed by atoms with E-state index in [0.717, 1.165) is 56.2 Å². The predicted octanol–water partition coefficient (Wildman–Crippen LogP) is 1.42. The molecule has 154 valence electrons. The van der Waals surface area contributed by atoms with E-state index in [1.165, 1.54) is 0 Å². The Morgan fingerprint density at radius 3 is 2.48 bits per heavy atom. The van der Waals surface area contributed by atoms with Gasteiger partial charge in [-0.05, 0) is 31.5 Å². The molecule has 2 aliphatic rings. The van der Waals surface area contributed by atoms with Gasteiger partial charge in [0.1, 0.15) is 5.69 Å². The van der Waals surface area contributed by atoms with Crippen molar-refractivity contribution in [2.24, 2.45) is 7.05 Å². The number of carbonyl (C=O) groups excluding carboxylic acids is 2. The molecule has 0 spiro atoms. The molecule has 0 unspecified atom stereocenters. The molecule has 4 heterocycles. The maximum atomic E-state index is 12.8. The first-order chi connectivity index (χ1) is 13.9. The van der Waals surface area contributed by atoms with Gasteiger partial charge in [0.25, 0.3) is 5.91 Å². The lowest BCUT2D eigenvalue weighted by Crippen LogP contribution is -2.48. The number of piperazine rings is 1. The molecule has 2 aromatic heterocycles. The summed E-state index contributed by atoms with van der Waals surface area (Å²) in [6.07, 6.45) is 2.57. The van der Waals surface area contributed by atoms with Gasteiger partial charge in [-0.15, -0.1) is 0 Å². The lowest BCUT2D eigenvalue weighted by atomic mass is 10.0. The Labute approximate surface area is 171 Å². The Hall–Kier alpha value is -2.90. The van der Waals surface area contributed by atoms with Crippen molar-refractivity contribution in [3.8, 4) is 0 Å². The fraction of sp³-hybridized carbons (Fsp3) is 0.524. The molecule has 2 saturated heterocycles. The minimum Gasteiger partial charge on any atom is -0.368 e. The third-order valence-corrected chi connectivity index (χ3v) is 5.98. The molecule has 8 nitrogen and oxygen atoms in total. The van der Waals surface area contributed by atoms with E-state index in [1.807, 2.05) is 16.7 Å². The highest BCUT2D eigenvalue weighted by atomic mass is 16.2. The van der Waals surface area contributed by atoms with Gasteiger partial charge in [0.05, 0.1) is 0 Å². The lowest BCUT2D eigenvalue weighted by Gasteiger charge is -2.36. The number of aryl methyl sites for hydroxylation is 2. The van der Waals surface area contributed by atoms with Crippen molar-refractivity contribution >= 4 is 17.5 Å². The van der Waals surface area contributed by atoms with Crippen molar-refractivity contribution in [1.82, 2.24) is 24.6 Å². The minimum absolute atomic E-state index is 0.0285. The summed E-state index contributed by atoms with van der Waals surface area (Å²) in [4.78, 5) is 35.3. The molecule has 1 atom stereocenters. The van der Waals surface area contributed by atoms with E-state index in [4.69, 9.17) is 4.98 Å². The predicted molar refractivity (Wildman–Crippen MR) is 110 cm³/mol. The van der Waals surface area contributed by atoms with Crippen LogP contribution in [0.1, 0.15) is 41.1 Å². The Kier molecular flexibility index (Phi) is 5.25. The first-order valence-corrected chi connectivity index (χ1v) is 10.2. The molecule has 2 fully saturated rings. The third-order valence-electron chi connectivity index (χ3n) is 5.98. The maximum absolute atomic E-state index is 12.8. The van der Waals surface area contributed by atoms with Gasteiger partial charge in [-0.25, -0.2) is 0 Å². The van der Waals surface area contributed by atoms with Crippen LogP contribution in [0.5, 0.6) is 0 Å². The zero-order valence-corrected chi connectivity index (χ0v) is 17.3. The SMILES string of the molecule is CC(=O)N1CCN(c2cc(C)nc([C@@H]3CCN(C(=O)c4ccnn4C)C3)c2)CC1. The molecule has 0 bridgehead atoms. The molecule has 0 radical (unpaired) electrons. The number of amides is 2. The van der Waals surface area contributed by atoms with Crippen molar-refractivity contribution in [2.75, 3.05) is 44.2 Å². The van der Waals surface area contributed by atoms with E-state index in [-0.39, 0.29) is 17.7 Å². The van der Waals surface area contributed by atoms with Gasteiger partial charge in [0.15, 0.2) is 0 Å². The van der Waals surface area contributed by atoms with Gasteiger partial charge >= 0.3 is 0 Å². The topological polar surface area (TPSA) is 74.6 Å². The molecule has 4 rings (SSSR count). The number of rotatable bonds is 3. The summed E-state index contributed by atoms with van der Waals surface area (Å²) < 4.78 is 1.62. The standard InChI is InChI=1S/C21H28N6O2/c1-15-12-18(26-10-8-25(9-11-26)16(2)28)13-19(23-15)17-5-7-27(14-17)21(29)20-4-6-22-24(20)3/h4,6,12-13,17H,5,7-11,14H2,1-3H3/t17-/m1/s1. The first-order valence-electron chi connectivity index (χ1n) is 10.2. The lowest BCUT2D eigenvalue weighted by molar-refractivity contribution is -0.129. The van der Waals surface area contributed by atoms with Crippen LogP contribution in [-0.2, 0) is 11.8 Å². The molecule has 2 amide bonds. The van der Waals surface area contributed by atoms with E-state index >= 15 is 0 Å². The number of anilines is 1. The Balaban J connectivity index is 1.46. The fourth-order valence-electron chi connectivity index (χ4n) is 4.28. The van der Waals surface area contributed by atoms with E-state index in [9.17, 15) is 9.59 Å². The van der Waals surface area contributed by atoms with E-state index < -0.39 is 0 Å². The molecule has 0 saturated carbocycles. The van der Waals surface area contributed by atoms with Crippen molar-refractivity contribution < 1.29 is 9.59 Å². The molecule has 0 aliphatic carbocycles. The number of hydrogen-bond donors (Lipinski definition) is 0. The zero-order valence-electron chi connectivity index (χ0n) is 17.3. The highest BCUT2D eigenvalue weighted by Crippen LogP contribution is 2.30. The van der Waals surface area contributed by atoms with Crippen LogP contribution in [0.25, 0.3) is 0 Å². The molecule has 2 aromatic rings. The minimum atomic E-state index is 0.0285. The molecule has 8 heteroatoms. The van der Waals surface area contributed by atoms with Crippen molar-refractivity contribution in [3.63, 3.8) is 0 Å². The quantitative estimate of drug-likeness (QED) is 0.785. The number of likely N-dealkylation sites (tertiary alicyclic amines) is 1. The van der Waals surface area contributed by atoms with Crippen LogP contribution in [0.2, 0.25) is 0 Å². The van der Waals surface area contributed by atoms with Gasteiger partial charge in [-0.2, -0.15) is 5.10 Å². The monoisotopic (exact) mass is 396 g/mol. The second-order valence-corrected chi connectivity index (χ2v) is 7.96. The average Bonchev–Trinajstić information content (AvgIpc) is 3.36. The highest BCUT2D eigenvalue weighted by Gasteiger charge is 2.30. The average molecular weight is 396 g/mol. The maximum Gasteiger partial charge on any atom is 0.272 e. The van der Waals surface area contributed by atoms with Crippen LogP contribution < -0.4 is 4.90 Å². The van der Waals surface area contributed by atoms with E-state index in [2.05, 4.69) is 22.1 Å². The van der Waals surface area contributed by atoms with Gasteiger partial charge < -0.3 is 14.7 Å². The fourth-order valence-corrected chi connectivity index (χ4v) is 4.28. The number of pyridine rings is 1. The van der Waals surface area contributed by atoms with Crippen molar-refractivity contribution in [2.45, 2.75) is 26.2 Å². The summed E-state index contributed by atoms with van der Waals surface area (Å²) in [5.41, 5.74) is 3.82. The van der Waals surface area contributed by atoms with Gasteiger partial charge in [-0.1, -0.05) is 0 Å². The first kappa shape index (κ1) is 19.4. The molecule has 2 aliphatic heterocycles. The van der Waals surface area contributed by atoms with E-state index in [0.29, 0.717) is 12.2 Å². The van der Waals surface area contributed by atoms with Gasteiger partial charge in [0, 0.05) is 82.4 Å². The third kappa shape index (κ3) is 3.97. The van der Waals surface area contributed by atoms with Crippen molar-refractivity contribution in [1.29, 1.82) is 0 Å². The Bertz CT molecular complexity index is 916. The van der Waals surface area contributed by atoms with Crippen LogP contribution in [0, 0.1) is 6.92 Å². The summed E-state index contributed by atoms with van der Waals surface area (Å²) in [5, 5.41) is 4.10. The Morgan fingerprint density at radius 2 is 1.83 bits per heavy atom. The molecule has 0 N–H and O–H groups in total. The largest absolute Gasteiger partial charge is 0.368 e. The van der Waals surface area contributed by atoms with Crippen molar-refractivity contribution in [3.05, 3.63) is 41.5 Å². The summed E-state index contributed by atoms with van der Waals surface area (Å²) in [7, 11) is 1.79. The number of hydrogen-bond acceptors (Lipinski definition) is 5. The normalized spacial score (nSPS) is 19.7. The van der Waals surface area contributed by atoms with Gasteiger partial charge in [0.2, 0.25) is 5.91 Å². The molecule has 0 aromatic carbocycles. The second kappa shape index (κ2) is 7.85. The van der Waals surface area contributed by atoms with Gasteiger partial charge in [-0.3, -0.25) is 19.3 Å². The summed E-state index contributed by atoms with van der Waals surface area (Å²) in [5.74, 6) is 0.408. The van der Waals surface area contributed by atoms with E-state index in [1.54, 1.807) is 30.9 Å². The van der Waals surface area contributed by atoms with Crippen LogP contribution in [0.15, 0.2) is 24.4 Å². The molecular weight excluding hydrogens is 368 g/mol. The number of carbonyl (C=O) groups is 2. The molecule has 29 heavy (non-hydrogen) atoms. The highest BCUT2D eigenvalue weighted by molar-refractivity contribution is 5.92. The number of nitrogens with zero attached hydrogens (tertiary/aromatic N) is 6. The summed E-state index contributed by atoms with van der Waals surface area (Å²) in [6, 6.07) is 6.04. The van der Waals surface area contributed by atoms with Crippen LogP contribution in [-0.4, -0.2) is 75.6 Å². The smallest absolute Gasteiger partial charge is 0.272 e. The summed E-state index contributed by atoms with van der Waals surface area (Å²) >= 11 is 0. The van der Waals surface area contributed by atoms with Crippen LogP contribution in [0.3, 0.4) is 0 Å². The second-order valence-electron chi connectivity index (χ2n) is 7.96. The number of aromatic nitrogens is 3. The van der Waals surface area contributed by atoms with Crippen LogP contribution in [0.4, 0.5) is 5.69 Å².